The highest BCUT2D eigenvalue weighted by atomic mass is 19.4. The number of aromatic nitrogens is 3. The minimum absolute atomic E-state index is 0.0107. The first-order valence-electron chi connectivity index (χ1n) is 10.3. The highest BCUT2D eigenvalue weighted by Gasteiger charge is 2.31. The molecule has 7 nitrogen and oxygen atoms in total. The molecule has 1 saturated heterocycles. The van der Waals surface area contributed by atoms with Gasteiger partial charge in [0.15, 0.2) is 0 Å². The zero-order valence-electron chi connectivity index (χ0n) is 18.1. The number of nitrogens with one attached hydrogen (secondary N) is 1. The van der Waals surface area contributed by atoms with E-state index in [1.807, 2.05) is 19.1 Å². The van der Waals surface area contributed by atoms with Crippen molar-refractivity contribution in [2.24, 2.45) is 0 Å². The average molecular weight is 457 g/mol. The van der Waals surface area contributed by atoms with Gasteiger partial charge in [-0.05, 0) is 42.7 Å². The van der Waals surface area contributed by atoms with E-state index in [2.05, 4.69) is 25.2 Å². The van der Waals surface area contributed by atoms with Crippen molar-refractivity contribution in [3.63, 3.8) is 0 Å². The number of alkyl halides is 3. The zero-order valence-corrected chi connectivity index (χ0v) is 18.1. The van der Waals surface area contributed by atoms with Gasteiger partial charge in [-0.1, -0.05) is 6.07 Å². The number of carbonyl (C=O) groups is 1. The number of nitrogens with zero attached hydrogens (tertiary/aromatic N) is 4. The van der Waals surface area contributed by atoms with E-state index in [0.29, 0.717) is 11.6 Å². The number of aryl methyl sites for hydroxylation is 1. The summed E-state index contributed by atoms with van der Waals surface area (Å²) in [7, 11) is 1.51. The molecule has 1 atom stereocenters. The van der Waals surface area contributed by atoms with Crippen molar-refractivity contribution < 1.29 is 22.7 Å². The summed E-state index contributed by atoms with van der Waals surface area (Å²) < 4.78 is 43.8. The second-order valence-electron chi connectivity index (χ2n) is 7.85. The van der Waals surface area contributed by atoms with Crippen LogP contribution in [0.1, 0.15) is 39.4 Å². The topological polar surface area (TPSA) is 80.2 Å². The van der Waals surface area contributed by atoms with Crippen LogP contribution in [0.5, 0.6) is 6.01 Å². The smallest absolute Gasteiger partial charge is 0.417 e. The predicted molar refractivity (Wildman–Crippen MR) is 117 cm³/mol. The van der Waals surface area contributed by atoms with Crippen LogP contribution in [0.4, 0.5) is 24.5 Å². The second kappa shape index (κ2) is 9.05. The number of benzene rings is 1. The fraction of sp³-hybridized carbons (Fsp3) is 0.304. The van der Waals surface area contributed by atoms with Gasteiger partial charge in [0.2, 0.25) is 0 Å². The number of methoxy groups -OCH3 is 1. The molecule has 1 aliphatic heterocycles. The van der Waals surface area contributed by atoms with Crippen LogP contribution in [0.2, 0.25) is 0 Å². The molecule has 4 rings (SSSR count). The van der Waals surface area contributed by atoms with Gasteiger partial charge in [0.05, 0.1) is 42.6 Å². The van der Waals surface area contributed by atoms with E-state index < -0.39 is 17.6 Å². The quantitative estimate of drug-likeness (QED) is 0.610. The predicted octanol–water partition coefficient (Wildman–Crippen LogP) is 4.45. The first kappa shape index (κ1) is 22.5. The summed E-state index contributed by atoms with van der Waals surface area (Å²) in [4.78, 5) is 26.8. The van der Waals surface area contributed by atoms with E-state index in [4.69, 9.17) is 4.74 Å². The van der Waals surface area contributed by atoms with Crippen LogP contribution in [0.15, 0.2) is 49.1 Å². The van der Waals surface area contributed by atoms with Crippen molar-refractivity contribution in [3.8, 4) is 6.01 Å². The van der Waals surface area contributed by atoms with Crippen molar-refractivity contribution in [2.45, 2.75) is 25.4 Å². The van der Waals surface area contributed by atoms with E-state index in [-0.39, 0.29) is 11.6 Å². The largest absolute Gasteiger partial charge is 0.467 e. The lowest BCUT2D eigenvalue weighted by atomic mass is 9.92. The molecule has 0 radical (unpaired) electrons. The lowest BCUT2D eigenvalue weighted by Crippen LogP contribution is -2.20. The third-order valence-corrected chi connectivity index (χ3v) is 5.66. The number of ether oxygens (including phenoxy) is 1. The SMILES string of the molecule is COc1ncc(N2CC[C@@H](c3cc(C(=O)Nc4cncc(C(F)(F)F)c4)ccc3C)C2)cn1. The summed E-state index contributed by atoms with van der Waals surface area (Å²) >= 11 is 0. The molecular formula is C23H22F3N5O2. The number of carbonyl (C=O) groups excluding carboxylic acids is 1. The summed E-state index contributed by atoms with van der Waals surface area (Å²) in [5, 5.41) is 2.51. The Morgan fingerprint density at radius 3 is 2.61 bits per heavy atom. The summed E-state index contributed by atoms with van der Waals surface area (Å²) in [5.74, 6) is -0.300. The van der Waals surface area contributed by atoms with Crippen LogP contribution in [-0.2, 0) is 6.18 Å². The van der Waals surface area contributed by atoms with Crippen molar-refractivity contribution >= 4 is 17.3 Å². The average Bonchev–Trinajstić information content (AvgIpc) is 3.29. The molecule has 10 heteroatoms. The minimum atomic E-state index is -4.53. The molecule has 1 aromatic carbocycles. The van der Waals surface area contributed by atoms with Crippen molar-refractivity contribution in [1.82, 2.24) is 15.0 Å². The lowest BCUT2D eigenvalue weighted by Gasteiger charge is -2.19. The summed E-state index contributed by atoms with van der Waals surface area (Å²) in [6.07, 6.45) is 1.69. The molecule has 1 fully saturated rings. The maximum atomic E-state index is 12.9. The molecule has 2 aromatic heterocycles. The molecule has 0 aliphatic carbocycles. The molecule has 0 unspecified atom stereocenters. The van der Waals surface area contributed by atoms with Crippen molar-refractivity contribution in [3.05, 3.63) is 71.3 Å². The number of halogens is 3. The standard InChI is InChI=1S/C23H22F3N5O2/c1-14-3-4-15(21(32)30-18-8-17(9-27-10-18)23(24,25)26)7-20(14)16-5-6-31(13-16)19-11-28-22(33-2)29-12-19/h3-4,7-12,16H,5-6,13H2,1-2H3,(H,30,32)/t16-/m1/s1. The second-order valence-corrected chi connectivity index (χ2v) is 7.85. The van der Waals surface area contributed by atoms with E-state index in [9.17, 15) is 18.0 Å². The molecule has 0 saturated carbocycles. The number of pyridine rings is 1. The van der Waals surface area contributed by atoms with Crippen LogP contribution in [0.25, 0.3) is 0 Å². The van der Waals surface area contributed by atoms with E-state index in [1.54, 1.807) is 18.5 Å². The molecule has 1 amide bonds. The number of hydrogen-bond donors (Lipinski definition) is 1. The summed E-state index contributed by atoms with van der Waals surface area (Å²) in [5.41, 5.74) is 2.41. The van der Waals surface area contributed by atoms with Gasteiger partial charge in [0.1, 0.15) is 0 Å². The Labute approximate surface area is 188 Å². The first-order valence-corrected chi connectivity index (χ1v) is 10.3. The summed E-state index contributed by atoms with van der Waals surface area (Å²) in [6.45, 7) is 3.53. The first-order chi connectivity index (χ1) is 15.7. The van der Waals surface area contributed by atoms with E-state index in [0.717, 1.165) is 48.6 Å². The number of rotatable bonds is 5. The fourth-order valence-corrected chi connectivity index (χ4v) is 3.91. The van der Waals surface area contributed by atoms with Gasteiger partial charge in [0, 0.05) is 30.8 Å². The van der Waals surface area contributed by atoms with Gasteiger partial charge in [-0.3, -0.25) is 9.78 Å². The van der Waals surface area contributed by atoms with E-state index >= 15 is 0 Å². The van der Waals surface area contributed by atoms with Gasteiger partial charge < -0.3 is 15.0 Å². The molecule has 1 aliphatic rings. The molecule has 172 valence electrons. The Kier molecular flexibility index (Phi) is 6.17. The monoisotopic (exact) mass is 457 g/mol. The van der Waals surface area contributed by atoms with Crippen molar-refractivity contribution in [1.29, 1.82) is 0 Å². The zero-order chi connectivity index (χ0) is 23.6. The van der Waals surface area contributed by atoms with Crippen LogP contribution < -0.4 is 15.0 Å². The summed E-state index contributed by atoms with van der Waals surface area (Å²) in [6, 6.07) is 6.50. The van der Waals surface area contributed by atoms with Crippen LogP contribution in [-0.4, -0.2) is 41.1 Å². The lowest BCUT2D eigenvalue weighted by molar-refractivity contribution is -0.137. The molecule has 33 heavy (non-hydrogen) atoms. The van der Waals surface area contributed by atoms with Gasteiger partial charge >= 0.3 is 12.2 Å². The fourth-order valence-electron chi connectivity index (χ4n) is 3.91. The number of anilines is 2. The normalized spacial score (nSPS) is 16.0. The number of amides is 1. The maximum absolute atomic E-state index is 12.9. The molecule has 3 heterocycles. The third kappa shape index (κ3) is 5.05. The van der Waals surface area contributed by atoms with Crippen LogP contribution in [0.3, 0.4) is 0 Å². The van der Waals surface area contributed by atoms with Crippen LogP contribution in [0, 0.1) is 6.92 Å². The van der Waals surface area contributed by atoms with Crippen molar-refractivity contribution in [2.75, 3.05) is 30.4 Å². The minimum Gasteiger partial charge on any atom is -0.467 e. The highest BCUT2D eigenvalue weighted by Crippen LogP contribution is 2.33. The van der Waals surface area contributed by atoms with Crippen LogP contribution >= 0.6 is 0 Å². The Morgan fingerprint density at radius 1 is 1.15 bits per heavy atom. The van der Waals surface area contributed by atoms with Gasteiger partial charge in [-0.15, -0.1) is 0 Å². The van der Waals surface area contributed by atoms with Gasteiger partial charge in [0.25, 0.3) is 5.91 Å². The molecule has 3 aromatic rings. The Morgan fingerprint density at radius 2 is 1.91 bits per heavy atom. The Hall–Kier alpha value is -3.69. The Bertz CT molecular complexity index is 1150. The van der Waals surface area contributed by atoms with Gasteiger partial charge in [-0.2, -0.15) is 13.2 Å². The number of hydrogen-bond acceptors (Lipinski definition) is 6. The Balaban J connectivity index is 1.49. The van der Waals surface area contributed by atoms with Gasteiger partial charge in [-0.25, -0.2) is 9.97 Å². The van der Waals surface area contributed by atoms with E-state index in [1.165, 1.54) is 13.3 Å². The molecular weight excluding hydrogens is 435 g/mol. The maximum Gasteiger partial charge on any atom is 0.417 e. The molecule has 1 N–H and O–H groups in total. The third-order valence-electron chi connectivity index (χ3n) is 5.66. The highest BCUT2D eigenvalue weighted by molar-refractivity contribution is 6.04. The molecule has 0 spiro atoms. The molecule has 0 bridgehead atoms.